The van der Waals surface area contributed by atoms with E-state index in [9.17, 15) is 4.79 Å². The predicted octanol–water partition coefficient (Wildman–Crippen LogP) is 5.94. The SMILES string of the molecule is O=C(CSc1nn2c(-c3ccccc3)nnc2s1)Nc1ncc(Cc2ccc(Cl)c(Cl)c2)s1. The van der Waals surface area contributed by atoms with Crippen LogP contribution in [0.3, 0.4) is 0 Å². The van der Waals surface area contributed by atoms with Gasteiger partial charge in [0.1, 0.15) is 0 Å². The molecule has 5 aromatic rings. The number of anilines is 1. The molecule has 0 spiro atoms. The van der Waals surface area contributed by atoms with Gasteiger partial charge in [-0.25, -0.2) is 4.98 Å². The average Bonchev–Trinajstić information content (AvgIpc) is 3.52. The quantitative estimate of drug-likeness (QED) is 0.261. The van der Waals surface area contributed by atoms with Crippen molar-refractivity contribution in [1.82, 2.24) is 24.8 Å². The molecule has 0 unspecified atom stereocenters. The molecule has 5 rings (SSSR count). The van der Waals surface area contributed by atoms with Crippen LogP contribution in [0.4, 0.5) is 5.13 Å². The fourth-order valence-corrected chi connectivity index (χ4v) is 5.87. The van der Waals surface area contributed by atoms with Crippen molar-refractivity contribution in [2.45, 2.75) is 10.8 Å². The van der Waals surface area contributed by atoms with Crippen LogP contribution in [-0.4, -0.2) is 36.5 Å². The van der Waals surface area contributed by atoms with Crippen LogP contribution in [0, 0.1) is 0 Å². The van der Waals surface area contributed by atoms with Crippen molar-refractivity contribution in [3.8, 4) is 11.4 Å². The van der Waals surface area contributed by atoms with Crippen LogP contribution in [0.25, 0.3) is 16.3 Å². The van der Waals surface area contributed by atoms with E-state index in [1.807, 2.05) is 42.5 Å². The van der Waals surface area contributed by atoms with E-state index in [2.05, 4.69) is 25.6 Å². The normalized spacial score (nSPS) is 11.2. The topological polar surface area (TPSA) is 85.1 Å². The third-order valence-electron chi connectivity index (χ3n) is 4.49. The number of rotatable bonds is 7. The molecule has 0 saturated carbocycles. The van der Waals surface area contributed by atoms with E-state index in [-0.39, 0.29) is 11.7 Å². The van der Waals surface area contributed by atoms with Gasteiger partial charge in [-0.1, -0.05) is 82.7 Å². The van der Waals surface area contributed by atoms with Gasteiger partial charge in [0.2, 0.25) is 10.9 Å². The second-order valence-corrected chi connectivity index (χ2v) is 11.0. The Hall–Kier alpha value is -2.50. The highest BCUT2D eigenvalue weighted by molar-refractivity contribution is 8.01. The van der Waals surface area contributed by atoms with E-state index in [0.717, 1.165) is 20.3 Å². The van der Waals surface area contributed by atoms with Crippen LogP contribution < -0.4 is 5.32 Å². The molecular formula is C21H14Cl2N6OS3. The van der Waals surface area contributed by atoms with E-state index in [1.54, 1.807) is 16.8 Å². The van der Waals surface area contributed by atoms with Crippen LogP contribution >= 0.6 is 57.6 Å². The van der Waals surface area contributed by atoms with E-state index in [1.165, 1.54) is 34.4 Å². The Morgan fingerprint density at radius 2 is 1.91 bits per heavy atom. The van der Waals surface area contributed by atoms with Crippen LogP contribution in [0.2, 0.25) is 10.0 Å². The zero-order chi connectivity index (χ0) is 22.8. The number of halogens is 2. The predicted molar refractivity (Wildman–Crippen MR) is 135 cm³/mol. The molecule has 166 valence electrons. The molecule has 0 aliphatic carbocycles. The maximum absolute atomic E-state index is 12.4. The molecule has 2 aromatic carbocycles. The Kier molecular flexibility index (Phi) is 6.61. The molecule has 0 radical (unpaired) electrons. The Labute approximate surface area is 210 Å². The number of aromatic nitrogens is 5. The molecule has 1 amide bonds. The van der Waals surface area contributed by atoms with Gasteiger partial charge in [-0.2, -0.15) is 4.52 Å². The highest BCUT2D eigenvalue weighted by Crippen LogP contribution is 2.29. The molecule has 0 bridgehead atoms. The smallest absolute Gasteiger partial charge is 0.236 e. The molecule has 0 fully saturated rings. The number of carbonyl (C=O) groups is 1. The standard InChI is InChI=1S/C21H14Cl2N6OS3/c22-15-7-6-12(9-16(15)23)8-14-10-24-19(32-14)25-17(30)11-31-21-28-29-18(26-27-20(29)33-21)13-4-2-1-3-5-13/h1-7,9-10H,8,11H2,(H,24,25,30). The number of hydrogen-bond donors (Lipinski definition) is 1. The fraction of sp³-hybridized carbons (Fsp3) is 0.0952. The van der Waals surface area contributed by atoms with E-state index >= 15 is 0 Å². The Bertz CT molecular complexity index is 1430. The fourth-order valence-electron chi connectivity index (χ4n) is 3.01. The summed E-state index contributed by atoms with van der Waals surface area (Å²) < 4.78 is 2.45. The highest BCUT2D eigenvalue weighted by Gasteiger charge is 2.15. The van der Waals surface area contributed by atoms with Crippen molar-refractivity contribution < 1.29 is 4.79 Å². The van der Waals surface area contributed by atoms with Crippen molar-refractivity contribution >= 4 is 73.6 Å². The van der Waals surface area contributed by atoms with Crippen LogP contribution in [0.15, 0.2) is 59.1 Å². The summed E-state index contributed by atoms with van der Waals surface area (Å²) in [6, 6.07) is 15.3. The van der Waals surface area contributed by atoms with Gasteiger partial charge in [0.25, 0.3) is 0 Å². The zero-order valence-electron chi connectivity index (χ0n) is 16.7. The minimum Gasteiger partial charge on any atom is -0.301 e. The van der Waals surface area contributed by atoms with Crippen molar-refractivity contribution in [3.05, 3.63) is 75.2 Å². The summed E-state index contributed by atoms with van der Waals surface area (Å²) in [7, 11) is 0. The molecular weight excluding hydrogens is 519 g/mol. The van der Waals surface area contributed by atoms with Crippen LogP contribution in [0.1, 0.15) is 10.4 Å². The number of thiazole rings is 1. The van der Waals surface area contributed by atoms with Crippen molar-refractivity contribution in [2.75, 3.05) is 11.1 Å². The average molecular weight is 533 g/mol. The molecule has 12 heteroatoms. The van der Waals surface area contributed by atoms with Crippen LogP contribution in [-0.2, 0) is 11.2 Å². The number of hydrogen-bond acceptors (Lipinski definition) is 8. The molecule has 0 saturated heterocycles. The summed E-state index contributed by atoms with van der Waals surface area (Å²) in [6.45, 7) is 0. The molecule has 3 heterocycles. The molecule has 0 aliphatic heterocycles. The lowest BCUT2D eigenvalue weighted by Crippen LogP contribution is -2.13. The van der Waals surface area contributed by atoms with Gasteiger partial charge in [0.15, 0.2) is 15.3 Å². The zero-order valence-corrected chi connectivity index (χ0v) is 20.7. The highest BCUT2D eigenvalue weighted by atomic mass is 35.5. The molecule has 33 heavy (non-hydrogen) atoms. The number of carbonyl (C=O) groups excluding carboxylic acids is 1. The summed E-state index contributed by atoms with van der Waals surface area (Å²) in [4.78, 5) is 18.4. The monoisotopic (exact) mass is 532 g/mol. The van der Waals surface area contributed by atoms with Gasteiger partial charge in [-0.15, -0.1) is 26.6 Å². The maximum Gasteiger partial charge on any atom is 0.236 e. The number of fused-ring (bicyclic) bond motifs is 1. The molecule has 0 aliphatic rings. The van der Waals surface area contributed by atoms with E-state index < -0.39 is 0 Å². The van der Waals surface area contributed by atoms with E-state index in [0.29, 0.717) is 32.4 Å². The van der Waals surface area contributed by atoms with Gasteiger partial charge in [-0.05, 0) is 17.7 Å². The Morgan fingerprint density at radius 1 is 1.06 bits per heavy atom. The lowest BCUT2D eigenvalue weighted by Gasteiger charge is -2.01. The Morgan fingerprint density at radius 3 is 2.73 bits per heavy atom. The lowest BCUT2D eigenvalue weighted by atomic mass is 10.1. The Balaban J connectivity index is 1.19. The molecule has 1 N–H and O–H groups in total. The van der Waals surface area contributed by atoms with Gasteiger partial charge in [0.05, 0.1) is 15.8 Å². The summed E-state index contributed by atoms with van der Waals surface area (Å²) >= 11 is 16.2. The largest absolute Gasteiger partial charge is 0.301 e. The third kappa shape index (κ3) is 5.20. The third-order valence-corrected chi connectivity index (χ3v) is 8.18. The second kappa shape index (κ2) is 9.78. The molecule has 0 atom stereocenters. The first kappa shape index (κ1) is 22.3. The summed E-state index contributed by atoms with van der Waals surface area (Å²) in [5.41, 5.74) is 1.96. The van der Waals surface area contributed by atoms with Gasteiger partial charge < -0.3 is 5.32 Å². The van der Waals surface area contributed by atoms with Gasteiger partial charge in [-0.3, -0.25) is 4.79 Å². The first-order chi connectivity index (χ1) is 16.0. The van der Waals surface area contributed by atoms with Crippen molar-refractivity contribution in [1.29, 1.82) is 0 Å². The number of nitrogens with one attached hydrogen (secondary N) is 1. The second-order valence-electron chi connectivity index (χ2n) is 6.85. The number of benzene rings is 2. The molecule has 3 aromatic heterocycles. The molecule has 7 nitrogen and oxygen atoms in total. The van der Waals surface area contributed by atoms with Crippen molar-refractivity contribution in [2.24, 2.45) is 0 Å². The first-order valence-electron chi connectivity index (χ1n) is 9.64. The van der Waals surface area contributed by atoms with Gasteiger partial charge >= 0.3 is 0 Å². The lowest BCUT2D eigenvalue weighted by molar-refractivity contribution is -0.113. The van der Waals surface area contributed by atoms with Crippen molar-refractivity contribution in [3.63, 3.8) is 0 Å². The summed E-state index contributed by atoms with van der Waals surface area (Å²) in [6.07, 6.45) is 2.42. The maximum atomic E-state index is 12.4. The summed E-state index contributed by atoms with van der Waals surface area (Å²) in [5, 5.41) is 17.4. The van der Waals surface area contributed by atoms with Gasteiger partial charge in [0, 0.05) is 23.1 Å². The first-order valence-corrected chi connectivity index (χ1v) is 13.0. The number of thioether (sulfide) groups is 1. The number of amides is 1. The number of nitrogens with zero attached hydrogens (tertiary/aromatic N) is 5. The minimum absolute atomic E-state index is 0.148. The minimum atomic E-state index is -0.148. The van der Waals surface area contributed by atoms with Crippen LogP contribution in [0.5, 0.6) is 0 Å². The van der Waals surface area contributed by atoms with E-state index in [4.69, 9.17) is 23.2 Å². The summed E-state index contributed by atoms with van der Waals surface area (Å²) in [5.74, 6) is 0.743.